The summed E-state index contributed by atoms with van der Waals surface area (Å²) < 4.78 is 4.84. The minimum absolute atomic E-state index is 0.0379. The zero-order chi connectivity index (χ0) is 13.5. The van der Waals surface area contributed by atoms with Gasteiger partial charge >= 0.3 is 0 Å². The summed E-state index contributed by atoms with van der Waals surface area (Å²) in [5.41, 5.74) is 1.80. The first-order chi connectivity index (χ1) is 9.31. The summed E-state index contributed by atoms with van der Waals surface area (Å²) in [5.74, 6) is -0.165. The molecule has 0 saturated heterocycles. The first-order valence-corrected chi connectivity index (χ1v) is 6.05. The molecule has 0 aliphatic carbocycles. The monoisotopic (exact) mass is 256 g/mol. The van der Waals surface area contributed by atoms with Crippen molar-refractivity contribution in [2.24, 2.45) is 0 Å². The molecule has 0 aliphatic heterocycles. The first-order valence-electron chi connectivity index (χ1n) is 6.05. The van der Waals surface area contributed by atoms with Gasteiger partial charge in [0, 0.05) is 13.3 Å². The Morgan fingerprint density at radius 3 is 2.58 bits per heavy atom. The second-order valence-electron chi connectivity index (χ2n) is 4.10. The number of nitrogens with zero attached hydrogens (tertiary/aromatic N) is 1. The summed E-state index contributed by atoms with van der Waals surface area (Å²) >= 11 is 0. The summed E-state index contributed by atoms with van der Waals surface area (Å²) in [7, 11) is 1.50. The normalized spacial score (nSPS) is 11.8. The lowest BCUT2D eigenvalue weighted by Gasteiger charge is -2.18. The van der Waals surface area contributed by atoms with E-state index in [1.807, 2.05) is 48.5 Å². The van der Waals surface area contributed by atoms with E-state index in [4.69, 9.17) is 4.74 Å². The van der Waals surface area contributed by atoms with Gasteiger partial charge in [0.05, 0.1) is 11.7 Å². The number of benzene rings is 1. The SMILES string of the molecule is COCC(=O)NC(c1ccccc1)c1ccccn1. The third-order valence-electron chi connectivity index (χ3n) is 2.70. The first kappa shape index (κ1) is 13.2. The fraction of sp³-hybridized carbons (Fsp3) is 0.200. The van der Waals surface area contributed by atoms with Crippen LogP contribution in [-0.4, -0.2) is 24.6 Å². The van der Waals surface area contributed by atoms with E-state index in [2.05, 4.69) is 10.3 Å². The predicted octanol–water partition coefficient (Wildman–Crippen LogP) is 1.93. The Bertz CT molecular complexity index is 475. The maximum Gasteiger partial charge on any atom is 0.246 e. The van der Waals surface area contributed by atoms with Crippen LogP contribution in [0.2, 0.25) is 0 Å². The van der Waals surface area contributed by atoms with Gasteiger partial charge in [-0.15, -0.1) is 0 Å². The van der Waals surface area contributed by atoms with Crippen LogP contribution in [0.3, 0.4) is 0 Å². The van der Waals surface area contributed by atoms with E-state index in [1.54, 1.807) is 6.20 Å². The van der Waals surface area contributed by atoms with E-state index >= 15 is 0 Å². The molecule has 2 rings (SSSR count). The zero-order valence-electron chi connectivity index (χ0n) is 10.7. The van der Waals surface area contributed by atoms with Gasteiger partial charge < -0.3 is 10.1 Å². The molecule has 1 N–H and O–H groups in total. The van der Waals surface area contributed by atoms with E-state index in [1.165, 1.54) is 7.11 Å². The lowest BCUT2D eigenvalue weighted by Crippen LogP contribution is -2.32. The number of methoxy groups -OCH3 is 1. The Hall–Kier alpha value is -2.20. The van der Waals surface area contributed by atoms with Crippen molar-refractivity contribution in [3.05, 3.63) is 66.0 Å². The molecule has 19 heavy (non-hydrogen) atoms. The molecule has 0 aliphatic rings. The van der Waals surface area contributed by atoms with Gasteiger partial charge in [0.15, 0.2) is 0 Å². The van der Waals surface area contributed by atoms with E-state index in [9.17, 15) is 4.79 Å². The van der Waals surface area contributed by atoms with Gasteiger partial charge in [0.2, 0.25) is 5.91 Å². The predicted molar refractivity (Wildman–Crippen MR) is 72.5 cm³/mol. The van der Waals surface area contributed by atoms with E-state index in [-0.39, 0.29) is 18.6 Å². The Kier molecular flexibility index (Phi) is 4.64. The highest BCUT2D eigenvalue weighted by atomic mass is 16.5. The number of ether oxygens (including phenoxy) is 1. The van der Waals surface area contributed by atoms with E-state index in [0.29, 0.717) is 0 Å². The molecule has 0 radical (unpaired) electrons. The van der Waals surface area contributed by atoms with Crippen LogP contribution in [-0.2, 0) is 9.53 Å². The van der Waals surface area contributed by atoms with Crippen LogP contribution in [0.25, 0.3) is 0 Å². The molecule has 1 unspecified atom stereocenters. The van der Waals surface area contributed by atoms with Crippen LogP contribution in [0.1, 0.15) is 17.3 Å². The molecule has 1 aromatic heterocycles. The lowest BCUT2D eigenvalue weighted by molar-refractivity contribution is -0.125. The average molecular weight is 256 g/mol. The number of carbonyl (C=O) groups excluding carboxylic acids is 1. The zero-order valence-corrected chi connectivity index (χ0v) is 10.7. The molecule has 4 heteroatoms. The molecular weight excluding hydrogens is 240 g/mol. The van der Waals surface area contributed by atoms with Crippen LogP contribution in [0.5, 0.6) is 0 Å². The number of nitrogens with one attached hydrogen (secondary N) is 1. The molecule has 0 spiro atoms. The lowest BCUT2D eigenvalue weighted by atomic mass is 10.0. The van der Waals surface area contributed by atoms with Crippen molar-refractivity contribution in [1.82, 2.24) is 10.3 Å². The number of aromatic nitrogens is 1. The maximum absolute atomic E-state index is 11.7. The molecule has 1 atom stereocenters. The second-order valence-corrected chi connectivity index (χ2v) is 4.10. The second kappa shape index (κ2) is 6.66. The molecule has 4 nitrogen and oxygen atoms in total. The largest absolute Gasteiger partial charge is 0.375 e. The molecule has 98 valence electrons. The number of amides is 1. The van der Waals surface area contributed by atoms with Crippen molar-refractivity contribution in [3.8, 4) is 0 Å². The third-order valence-corrected chi connectivity index (χ3v) is 2.70. The standard InChI is InChI=1S/C15H16N2O2/c1-19-11-14(18)17-15(12-7-3-2-4-8-12)13-9-5-6-10-16-13/h2-10,15H,11H2,1H3,(H,17,18). The summed E-state index contributed by atoms with van der Waals surface area (Å²) in [6, 6.07) is 15.1. The van der Waals surface area contributed by atoms with Crippen LogP contribution in [0.15, 0.2) is 54.7 Å². The van der Waals surface area contributed by atoms with Crippen molar-refractivity contribution < 1.29 is 9.53 Å². The molecule has 0 bridgehead atoms. The smallest absolute Gasteiger partial charge is 0.246 e. The molecule has 0 saturated carbocycles. The van der Waals surface area contributed by atoms with Gasteiger partial charge in [-0.1, -0.05) is 36.4 Å². The summed E-state index contributed by atoms with van der Waals surface area (Å²) in [5, 5.41) is 2.92. The minimum atomic E-state index is -0.259. The Labute approximate surface area is 112 Å². The quantitative estimate of drug-likeness (QED) is 0.889. The maximum atomic E-state index is 11.7. The third kappa shape index (κ3) is 3.63. The molecule has 1 amide bonds. The van der Waals surface area contributed by atoms with Crippen molar-refractivity contribution in [2.75, 3.05) is 13.7 Å². The summed E-state index contributed by atoms with van der Waals surface area (Å²) in [6.07, 6.45) is 1.72. The minimum Gasteiger partial charge on any atom is -0.375 e. The van der Waals surface area contributed by atoms with E-state index in [0.717, 1.165) is 11.3 Å². The Morgan fingerprint density at radius 1 is 1.21 bits per heavy atom. The van der Waals surface area contributed by atoms with Crippen molar-refractivity contribution in [1.29, 1.82) is 0 Å². The highest BCUT2D eigenvalue weighted by Crippen LogP contribution is 2.19. The Balaban J connectivity index is 2.26. The number of pyridine rings is 1. The van der Waals surface area contributed by atoms with Crippen LogP contribution in [0, 0.1) is 0 Å². The van der Waals surface area contributed by atoms with Gasteiger partial charge in [0.1, 0.15) is 6.61 Å². The van der Waals surface area contributed by atoms with Gasteiger partial charge in [0.25, 0.3) is 0 Å². The van der Waals surface area contributed by atoms with Crippen LogP contribution in [0.4, 0.5) is 0 Å². The van der Waals surface area contributed by atoms with E-state index < -0.39 is 0 Å². The fourth-order valence-electron chi connectivity index (χ4n) is 1.85. The van der Waals surface area contributed by atoms with Crippen molar-refractivity contribution in [3.63, 3.8) is 0 Å². The number of hydrogen-bond acceptors (Lipinski definition) is 3. The molecule has 0 fully saturated rings. The molecule has 1 aromatic carbocycles. The number of hydrogen-bond donors (Lipinski definition) is 1. The molecule has 1 heterocycles. The molecular formula is C15H16N2O2. The molecule has 2 aromatic rings. The van der Waals surface area contributed by atoms with Crippen LogP contribution < -0.4 is 5.32 Å². The topological polar surface area (TPSA) is 51.2 Å². The number of carbonyl (C=O) groups is 1. The highest BCUT2D eigenvalue weighted by Gasteiger charge is 2.17. The summed E-state index contributed by atoms with van der Waals surface area (Å²) in [6.45, 7) is 0.0379. The number of rotatable bonds is 5. The van der Waals surface area contributed by atoms with Gasteiger partial charge in [-0.2, -0.15) is 0 Å². The average Bonchev–Trinajstić information content (AvgIpc) is 2.47. The highest BCUT2D eigenvalue weighted by molar-refractivity contribution is 5.78. The van der Waals surface area contributed by atoms with Gasteiger partial charge in [-0.25, -0.2) is 0 Å². The fourth-order valence-corrected chi connectivity index (χ4v) is 1.85. The van der Waals surface area contributed by atoms with Crippen molar-refractivity contribution >= 4 is 5.91 Å². The van der Waals surface area contributed by atoms with Gasteiger partial charge in [-0.3, -0.25) is 9.78 Å². The summed E-state index contributed by atoms with van der Waals surface area (Å²) in [4.78, 5) is 16.0. The van der Waals surface area contributed by atoms with Crippen molar-refractivity contribution in [2.45, 2.75) is 6.04 Å². The van der Waals surface area contributed by atoms with Gasteiger partial charge in [-0.05, 0) is 17.7 Å². The van der Waals surface area contributed by atoms with Crippen LogP contribution >= 0.6 is 0 Å². The Morgan fingerprint density at radius 2 is 1.95 bits per heavy atom.